The van der Waals surface area contributed by atoms with E-state index >= 15 is 0 Å². The van der Waals surface area contributed by atoms with E-state index in [-0.39, 0.29) is 30.5 Å². The van der Waals surface area contributed by atoms with Crippen molar-refractivity contribution in [3.63, 3.8) is 0 Å². The van der Waals surface area contributed by atoms with Gasteiger partial charge in [-0.3, -0.25) is 4.84 Å². The minimum Gasteiger partial charge on any atom is -0.368 e. The van der Waals surface area contributed by atoms with Gasteiger partial charge in [0.1, 0.15) is 6.61 Å². The first-order valence-electron chi connectivity index (χ1n) is 9.31. The number of nitrogens with zero attached hydrogens (tertiary/aromatic N) is 3. The molecule has 0 fully saturated rings. The Morgan fingerprint density at radius 2 is 1.62 bits per heavy atom. The van der Waals surface area contributed by atoms with E-state index in [1.807, 2.05) is 36.4 Å². The van der Waals surface area contributed by atoms with Gasteiger partial charge >= 0.3 is 0 Å². The molecule has 0 saturated heterocycles. The molecule has 3 aromatic carbocycles. The number of nitrogens with two attached hydrogens (primary N) is 2. The van der Waals surface area contributed by atoms with Crippen molar-refractivity contribution in [3.05, 3.63) is 83.9 Å². The van der Waals surface area contributed by atoms with Crippen LogP contribution in [0.3, 0.4) is 0 Å². The van der Waals surface area contributed by atoms with Gasteiger partial charge in [-0.25, -0.2) is 4.99 Å². The highest BCUT2D eigenvalue weighted by molar-refractivity contribution is 5.94. The Kier molecular flexibility index (Phi) is 6.69. The third kappa shape index (κ3) is 4.85. The van der Waals surface area contributed by atoms with Gasteiger partial charge in [0, 0.05) is 0 Å². The van der Waals surface area contributed by atoms with Crippen molar-refractivity contribution in [1.82, 2.24) is 5.06 Å². The fraction of sp³-hybridized carbons (Fsp3) is 0.182. The van der Waals surface area contributed by atoms with Gasteiger partial charge in [-0.2, -0.15) is 10.1 Å². The van der Waals surface area contributed by atoms with Gasteiger partial charge in [-0.1, -0.05) is 72.8 Å². The highest BCUT2D eigenvalue weighted by atomic mass is 35.5. The summed E-state index contributed by atoms with van der Waals surface area (Å²) in [6.07, 6.45) is 1.24. The Hall–Kier alpha value is -3.09. The molecular formula is C22H24ClN5O. The topological polar surface area (TPSA) is 89.2 Å². The molecule has 4 N–H and O–H groups in total. The number of hydrogen-bond acceptors (Lipinski definition) is 6. The van der Waals surface area contributed by atoms with Crippen LogP contribution in [0.2, 0.25) is 0 Å². The molecule has 1 heterocycles. The van der Waals surface area contributed by atoms with Gasteiger partial charge in [0.2, 0.25) is 11.9 Å². The molecule has 0 radical (unpaired) electrons. The van der Waals surface area contributed by atoms with E-state index in [1.165, 1.54) is 10.9 Å². The molecule has 150 valence electrons. The maximum Gasteiger partial charge on any atom is 0.225 e. The molecule has 4 rings (SSSR count). The summed E-state index contributed by atoms with van der Waals surface area (Å²) >= 11 is 0. The number of guanidine groups is 2. The lowest BCUT2D eigenvalue weighted by atomic mass is 10.1. The van der Waals surface area contributed by atoms with E-state index in [0.29, 0.717) is 6.61 Å². The quantitative estimate of drug-likeness (QED) is 0.651. The Bertz CT molecular complexity index is 1020. The first kappa shape index (κ1) is 20.6. The third-order valence-electron chi connectivity index (χ3n) is 4.78. The molecule has 29 heavy (non-hydrogen) atoms. The summed E-state index contributed by atoms with van der Waals surface area (Å²) in [6, 6.07) is 24.6. The Balaban J connectivity index is 0.00000240. The molecule has 1 atom stereocenters. The van der Waals surface area contributed by atoms with Crippen LogP contribution in [0.25, 0.3) is 10.8 Å². The molecule has 7 heteroatoms. The van der Waals surface area contributed by atoms with Crippen molar-refractivity contribution in [2.24, 2.45) is 21.5 Å². The highest BCUT2D eigenvalue weighted by Gasteiger charge is 2.25. The molecule has 0 bridgehead atoms. The molecular weight excluding hydrogens is 386 g/mol. The summed E-state index contributed by atoms with van der Waals surface area (Å²) in [5.41, 5.74) is 14.2. The molecule has 0 spiro atoms. The van der Waals surface area contributed by atoms with Gasteiger partial charge in [-0.05, 0) is 34.7 Å². The average molecular weight is 410 g/mol. The van der Waals surface area contributed by atoms with Crippen LogP contribution in [0.4, 0.5) is 0 Å². The number of fused-ring (bicyclic) bond motifs is 1. The van der Waals surface area contributed by atoms with Crippen LogP contribution in [-0.4, -0.2) is 23.1 Å². The molecule has 1 unspecified atom stereocenters. The average Bonchev–Trinajstić information content (AvgIpc) is 2.72. The van der Waals surface area contributed by atoms with Crippen molar-refractivity contribution < 1.29 is 4.84 Å². The highest BCUT2D eigenvalue weighted by Crippen LogP contribution is 2.21. The number of rotatable bonds is 6. The lowest BCUT2D eigenvalue weighted by Gasteiger charge is -2.31. The molecule has 1 aliphatic rings. The fourth-order valence-corrected chi connectivity index (χ4v) is 3.39. The number of aryl methyl sites for hydroxylation is 1. The SMILES string of the molecule is Cl.NC1=NC(CCc2ccccc2)N(OCc2cccc3ccccc23)C(N)=N1. The van der Waals surface area contributed by atoms with Crippen molar-refractivity contribution in [3.8, 4) is 0 Å². The molecule has 0 amide bonds. The summed E-state index contributed by atoms with van der Waals surface area (Å²) in [5, 5.41) is 3.90. The van der Waals surface area contributed by atoms with E-state index in [2.05, 4.69) is 46.4 Å². The van der Waals surface area contributed by atoms with Crippen LogP contribution in [0.5, 0.6) is 0 Å². The number of benzene rings is 3. The zero-order valence-electron chi connectivity index (χ0n) is 15.9. The zero-order chi connectivity index (χ0) is 19.3. The number of halogens is 1. The monoisotopic (exact) mass is 409 g/mol. The van der Waals surface area contributed by atoms with Crippen LogP contribution in [0, 0.1) is 0 Å². The van der Waals surface area contributed by atoms with Crippen molar-refractivity contribution >= 4 is 35.1 Å². The van der Waals surface area contributed by atoms with E-state index in [4.69, 9.17) is 16.3 Å². The largest absolute Gasteiger partial charge is 0.368 e. The molecule has 1 aliphatic heterocycles. The Labute approximate surface area is 176 Å². The zero-order valence-corrected chi connectivity index (χ0v) is 16.8. The summed E-state index contributed by atoms with van der Waals surface area (Å²) in [4.78, 5) is 14.6. The lowest BCUT2D eigenvalue weighted by molar-refractivity contribution is -0.140. The minimum atomic E-state index is -0.312. The van der Waals surface area contributed by atoms with E-state index in [1.54, 1.807) is 5.06 Å². The Morgan fingerprint density at radius 1 is 0.897 bits per heavy atom. The molecule has 6 nitrogen and oxygen atoms in total. The summed E-state index contributed by atoms with van der Waals surface area (Å²) < 4.78 is 0. The van der Waals surface area contributed by atoms with Gasteiger partial charge in [0.05, 0.1) is 0 Å². The molecule has 0 aromatic heterocycles. The summed E-state index contributed by atoms with van der Waals surface area (Å²) in [5.74, 6) is 0.409. The molecule has 0 saturated carbocycles. The van der Waals surface area contributed by atoms with Gasteiger partial charge in [0.25, 0.3) is 0 Å². The Morgan fingerprint density at radius 3 is 2.45 bits per heavy atom. The predicted molar refractivity (Wildman–Crippen MR) is 120 cm³/mol. The number of hydroxylamine groups is 2. The number of hydrogen-bond donors (Lipinski definition) is 2. The van der Waals surface area contributed by atoms with Gasteiger partial charge in [0.15, 0.2) is 6.17 Å². The lowest BCUT2D eigenvalue weighted by Crippen LogP contribution is -2.48. The van der Waals surface area contributed by atoms with Crippen molar-refractivity contribution in [2.75, 3.05) is 0 Å². The van der Waals surface area contributed by atoms with Gasteiger partial charge < -0.3 is 11.5 Å². The summed E-state index contributed by atoms with van der Waals surface area (Å²) in [6.45, 7) is 0.370. The maximum absolute atomic E-state index is 6.10. The van der Waals surface area contributed by atoms with Crippen molar-refractivity contribution in [2.45, 2.75) is 25.6 Å². The van der Waals surface area contributed by atoms with E-state index in [0.717, 1.165) is 23.8 Å². The molecule has 0 aliphatic carbocycles. The first-order chi connectivity index (χ1) is 13.7. The van der Waals surface area contributed by atoms with Crippen LogP contribution >= 0.6 is 12.4 Å². The predicted octanol–water partition coefficient (Wildman–Crippen LogP) is 3.60. The van der Waals surface area contributed by atoms with Crippen LogP contribution in [0.1, 0.15) is 17.5 Å². The first-order valence-corrected chi connectivity index (χ1v) is 9.31. The van der Waals surface area contributed by atoms with Crippen LogP contribution in [-0.2, 0) is 17.9 Å². The summed E-state index contributed by atoms with van der Waals surface area (Å²) in [7, 11) is 0. The standard InChI is InChI=1S/C22H23N5O.ClH/c23-21-25-20(14-13-16-7-2-1-3-8-16)27(22(24)26-21)28-15-18-11-6-10-17-9-4-5-12-19(17)18;/h1-12,20H,13-15H2,(H4,23,24,25,26);1H. The minimum absolute atomic E-state index is 0. The number of aliphatic imine (C=N–C) groups is 2. The van der Waals surface area contributed by atoms with E-state index in [9.17, 15) is 0 Å². The fourth-order valence-electron chi connectivity index (χ4n) is 3.39. The van der Waals surface area contributed by atoms with Crippen molar-refractivity contribution in [1.29, 1.82) is 0 Å². The smallest absolute Gasteiger partial charge is 0.225 e. The van der Waals surface area contributed by atoms with E-state index < -0.39 is 0 Å². The maximum atomic E-state index is 6.10. The van der Waals surface area contributed by atoms with Crippen LogP contribution in [0.15, 0.2) is 82.8 Å². The van der Waals surface area contributed by atoms with Crippen LogP contribution < -0.4 is 11.5 Å². The third-order valence-corrected chi connectivity index (χ3v) is 4.78. The second kappa shape index (κ2) is 9.41. The normalized spacial score (nSPS) is 16.1. The van der Waals surface area contributed by atoms with Gasteiger partial charge in [-0.15, -0.1) is 12.4 Å². The second-order valence-electron chi connectivity index (χ2n) is 6.70. The molecule has 3 aromatic rings. The second-order valence-corrected chi connectivity index (χ2v) is 6.70.